The Morgan fingerprint density at radius 3 is 2.29 bits per heavy atom. The largest absolute Gasteiger partial charge is 0.496 e. The van der Waals surface area contributed by atoms with E-state index >= 15 is 0 Å². The zero-order chi connectivity index (χ0) is 21.8. The summed E-state index contributed by atoms with van der Waals surface area (Å²) in [5, 5.41) is 0. The molecule has 0 spiro atoms. The van der Waals surface area contributed by atoms with Gasteiger partial charge in [0, 0.05) is 38.8 Å². The first-order chi connectivity index (χ1) is 15.1. The van der Waals surface area contributed by atoms with Crippen molar-refractivity contribution in [1.82, 2.24) is 14.7 Å². The van der Waals surface area contributed by atoms with E-state index in [1.54, 1.807) is 7.11 Å². The number of amides is 2. The fourth-order valence-electron chi connectivity index (χ4n) is 5.72. The maximum atomic E-state index is 13.7. The van der Waals surface area contributed by atoms with E-state index in [0.29, 0.717) is 42.3 Å². The van der Waals surface area contributed by atoms with Gasteiger partial charge in [0.2, 0.25) is 5.91 Å². The Labute approximate surface area is 186 Å². The van der Waals surface area contributed by atoms with E-state index in [0.717, 1.165) is 45.3 Å². The molecule has 0 radical (unpaired) electrons. The average Bonchev–Trinajstić information content (AvgIpc) is 3.34. The van der Waals surface area contributed by atoms with Crippen LogP contribution in [0.25, 0.3) is 0 Å². The summed E-state index contributed by atoms with van der Waals surface area (Å²) in [6.45, 7) is 5.93. The predicted molar refractivity (Wildman–Crippen MR) is 121 cm³/mol. The summed E-state index contributed by atoms with van der Waals surface area (Å²) in [6.07, 6.45) is 8.23. The number of ether oxygens (including phenoxy) is 1. The normalized spacial score (nSPS) is 24.3. The second-order valence-corrected chi connectivity index (χ2v) is 9.39. The number of nitrogens with zero attached hydrogens (tertiary/aromatic N) is 3. The fraction of sp³-hybridized carbons (Fsp3) is 0.680. The van der Waals surface area contributed by atoms with E-state index < -0.39 is 0 Å². The van der Waals surface area contributed by atoms with Gasteiger partial charge >= 0.3 is 0 Å². The molecule has 2 heterocycles. The molecule has 2 amide bonds. The van der Waals surface area contributed by atoms with Crippen LogP contribution in [0.5, 0.6) is 5.75 Å². The number of carbonyl (C=O) groups is 2. The molecule has 2 aliphatic heterocycles. The zero-order valence-electron chi connectivity index (χ0n) is 19.1. The van der Waals surface area contributed by atoms with Crippen molar-refractivity contribution in [2.75, 3.05) is 39.8 Å². The van der Waals surface area contributed by atoms with Gasteiger partial charge in [-0.3, -0.25) is 14.5 Å². The molecule has 170 valence electrons. The topological polar surface area (TPSA) is 53.1 Å². The lowest BCUT2D eigenvalue weighted by Gasteiger charge is -2.44. The summed E-state index contributed by atoms with van der Waals surface area (Å²) < 4.78 is 5.38. The number of methoxy groups -OCH3 is 1. The molecular weight excluding hydrogens is 390 g/mol. The summed E-state index contributed by atoms with van der Waals surface area (Å²) in [5.41, 5.74) is 0.615. The monoisotopic (exact) mass is 427 g/mol. The van der Waals surface area contributed by atoms with Crippen LogP contribution in [-0.2, 0) is 4.79 Å². The quantitative estimate of drug-likeness (QED) is 0.723. The molecule has 0 N–H and O–H groups in total. The van der Waals surface area contributed by atoms with Crippen LogP contribution in [0.1, 0.15) is 62.2 Å². The van der Waals surface area contributed by atoms with Crippen LogP contribution in [0.2, 0.25) is 0 Å². The minimum absolute atomic E-state index is 0.0190. The van der Waals surface area contributed by atoms with Crippen molar-refractivity contribution in [3.63, 3.8) is 0 Å². The number of carbonyl (C=O) groups excluding carboxylic acids is 2. The van der Waals surface area contributed by atoms with E-state index in [1.165, 1.54) is 19.3 Å². The highest BCUT2D eigenvalue weighted by molar-refractivity contribution is 5.97. The molecule has 6 heteroatoms. The summed E-state index contributed by atoms with van der Waals surface area (Å²) >= 11 is 0. The number of piperazine rings is 1. The SMILES string of the molecule is COc1ccccc1C(=O)N1CCN([C@@H](C(=O)N2CCCC[C@H]2C)C2CCCC2)CC1. The van der Waals surface area contributed by atoms with Gasteiger partial charge in [-0.1, -0.05) is 25.0 Å². The maximum absolute atomic E-state index is 13.7. The summed E-state index contributed by atoms with van der Waals surface area (Å²) in [5.74, 6) is 1.43. The lowest BCUT2D eigenvalue weighted by molar-refractivity contribution is -0.143. The number of para-hydroxylation sites is 1. The Hall–Kier alpha value is -2.08. The Balaban J connectivity index is 1.45. The van der Waals surface area contributed by atoms with E-state index in [2.05, 4.69) is 16.7 Å². The highest BCUT2D eigenvalue weighted by Gasteiger charge is 2.40. The van der Waals surface area contributed by atoms with Gasteiger partial charge in [0.05, 0.1) is 18.7 Å². The van der Waals surface area contributed by atoms with Crippen LogP contribution in [0.15, 0.2) is 24.3 Å². The third-order valence-corrected chi connectivity index (χ3v) is 7.52. The first kappa shape index (κ1) is 22.1. The highest BCUT2D eigenvalue weighted by Crippen LogP contribution is 2.33. The van der Waals surface area contributed by atoms with Gasteiger partial charge in [0.1, 0.15) is 5.75 Å². The Morgan fingerprint density at radius 2 is 1.61 bits per heavy atom. The van der Waals surface area contributed by atoms with Gasteiger partial charge in [-0.15, -0.1) is 0 Å². The second kappa shape index (κ2) is 10.0. The molecule has 1 aromatic carbocycles. The molecule has 1 saturated carbocycles. The van der Waals surface area contributed by atoms with Crippen molar-refractivity contribution in [2.45, 2.75) is 64.0 Å². The molecule has 2 saturated heterocycles. The predicted octanol–water partition coefficient (Wildman–Crippen LogP) is 3.41. The number of likely N-dealkylation sites (tertiary alicyclic amines) is 1. The molecule has 3 aliphatic rings. The fourth-order valence-corrected chi connectivity index (χ4v) is 5.72. The van der Waals surface area contributed by atoms with Crippen molar-refractivity contribution in [3.05, 3.63) is 29.8 Å². The number of hydrogen-bond acceptors (Lipinski definition) is 4. The smallest absolute Gasteiger partial charge is 0.257 e. The number of piperidine rings is 1. The van der Waals surface area contributed by atoms with Gasteiger partial charge in [0.25, 0.3) is 5.91 Å². The molecule has 4 rings (SSSR count). The van der Waals surface area contributed by atoms with Crippen LogP contribution in [0.4, 0.5) is 0 Å². The molecule has 1 aliphatic carbocycles. The molecule has 3 fully saturated rings. The third kappa shape index (κ3) is 4.74. The van der Waals surface area contributed by atoms with Crippen molar-refractivity contribution in [2.24, 2.45) is 5.92 Å². The lowest BCUT2D eigenvalue weighted by atomic mass is 9.92. The van der Waals surface area contributed by atoms with E-state index in [9.17, 15) is 9.59 Å². The first-order valence-corrected chi connectivity index (χ1v) is 12.1. The van der Waals surface area contributed by atoms with Crippen molar-refractivity contribution < 1.29 is 14.3 Å². The van der Waals surface area contributed by atoms with Crippen LogP contribution in [-0.4, -0.2) is 78.4 Å². The summed E-state index contributed by atoms with van der Waals surface area (Å²) in [4.78, 5) is 33.2. The maximum Gasteiger partial charge on any atom is 0.257 e. The van der Waals surface area contributed by atoms with Crippen molar-refractivity contribution in [1.29, 1.82) is 0 Å². The minimum Gasteiger partial charge on any atom is -0.496 e. The van der Waals surface area contributed by atoms with Gasteiger partial charge in [0.15, 0.2) is 0 Å². The van der Waals surface area contributed by atoms with E-state index in [1.807, 2.05) is 29.2 Å². The van der Waals surface area contributed by atoms with Gasteiger partial charge in [-0.25, -0.2) is 0 Å². The molecule has 6 nitrogen and oxygen atoms in total. The van der Waals surface area contributed by atoms with E-state index in [-0.39, 0.29) is 11.9 Å². The van der Waals surface area contributed by atoms with Gasteiger partial charge < -0.3 is 14.5 Å². The molecule has 0 aromatic heterocycles. The Bertz CT molecular complexity index is 769. The molecular formula is C25H37N3O3. The molecule has 1 aromatic rings. The van der Waals surface area contributed by atoms with Crippen LogP contribution in [0.3, 0.4) is 0 Å². The average molecular weight is 428 g/mol. The zero-order valence-corrected chi connectivity index (χ0v) is 19.1. The second-order valence-electron chi connectivity index (χ2n) is 9.39. The number of hydrogen-bond donors (Lipinski definition) is 0. The van der Waals surface area contributed by atoms with Crippen molar-refractivity contribution in [3.8, 4) is 5.75 Å². The summed E-state index contributed by atoms with van der Waals surface area (Å²) in [6, 6.07) is 7.74. The molecule has 2 atom stereocenters. The van der Waals surface area contributed by atoms with Crippen molar-refractivity contribution >= 4 is 11.8 Å². The van der Waals surface area contributed by atoms with Crippen LogP contribution < -0.4 is 4.74 Å². The van der Waals surface area contributed by atoms with Crippen LogP contribution >= 0.6 is 0 Å². The highest BCUT2D eigenvalue weighted by atomic mass is 16.5. The number of benzene rings is 1. The van der Waals surface area contributed by atoms with Gasteiger partial charge in [-0.2, -0.15) is 0 Å². The standard InChI is InChI=1S/C25H37N3O3/c1-19-9-7-8-14-28(19)25(30)23(20-10-3-4-11-20)26-15-17-27(18-16-26)24(29)21-12-5-6-13-22(21)31-2/h5-6,12-13,19-20,23H,3-4,7-11,14-18H2,1-2H3/t19-,23-/m1/s1. The molecule has 0 unspecified atom stereocenters. The van der Waals surface area contributed by atoms with Gasteiger partial charge in [-0.05, 0) is 57.1 Å². The third-order valence-electron chi connectivity index (χ3n) is 7.52. The Morgan fingerprint density at radius 1 is 0.935 bits per heavy atom. The summed E-state index contributed by atoms with van der Waals surface area (Å²) in [7, 11) is 1.60. The van der Waals surface area contributed by atoms with E-state index in [4.69, 9.17) is 4.74 Å². The number of rotatable bonds is 5. The lowest BCUT2D eigenvalue weighted by Crippen LogP contribution is -2.60. The molecule has 31 heavy (non-hydrogen) atoms. The molecule has 0 bridgehead atoms. The van der Waals surface area contributed by atoms with Crippen LogP contribution in [0, 0.1) is 5.92 Å². The minimum atomic E-state index is -0.0217. The Kier molecular flexibility index (Phi) is 7.16. The first-order valence-electron chi connectivity index (χ1n) is 12.1.